The highest BCUT2D eigenvalue weighted by Gasteiger charge is 2.28. The van der Waals surface area contributed by atoms with Crippen molar-refractivity contribution >= 4 is 11.8 Å². The van der Waals surface area contributed by atoms with Gasteiger partial charge in [-0.15, -0.1) is 0 Å². The highest BCUT2D eigenvalue weighted by atomic mass is 32.2. The number of thioether (sulfide) groups is 1. The number of rotatable bonds is 2. The fourth-order valence-corrected chi connectivity index (χ4v) is 4.06. The first-order chi connectivity index (χ1) is 7.66. The number of hydrogen-bond donors (Lipinski definition) is 1. The van der Waals surface area contributed by atoms with Crippen LogP contribution in [0.5, 0.6) is 0 Å². The van der Waals surface area contributed by atoms with Crippen molar-refractivity contribution in [1.29, 1.82) is 0 Å². The molecule has 3 heteroatoms. The summed E-state index contributed by atoms with van der Waals surface area (Å²) >= 11 is 2.13. The van der Waals surface area contributed by atoms with E-state index in [1.54, 1.807) is 0 Å². The zero-order valence-electron chi connectivity index (χ0n) is 10.9. The first-order valence-corrected chi connectivity index (χ1v) is 7.80. The molecule has 2 aliphatic rings. The maximum absolute atomic E-state index is 3.68. The third-order valence-corrected chi connectivity index (χ3v) is 5.56. The standard InChI is InChI=1S/C13H26N2S/c1-10-4-5-14-13(8-10)9-15-6-7-16-12(3)11(15)2/h10-14H,4-9H2,1-3H3. The Morgan fingerprint density at radius 2 is 2.12 bits per heavy atom. The number of nitrogens with one attached hydrogen (secondary N) is 1. The Bertz CT molecular complexity index is 222. The molecular formula is C13H26N2S. The van der Waals surface area contributed by atoms with E-state index in [-0.39, 0.29) is 0 Å². The lowest BCUT2D eigenvalue weighted by Gasteiger charge is -2.41. The van der Waals surface area contributed by atoms with Crippen molar-refractivity contribution in [3.63, 3.8) is 0 Å². The van der Waals surface area contributed by atoms with Crippen LogP contribution in [-0.2, 0) is 0 Å². The van der Waals surface area contributed by atoms with Gasteiger partial charge in [0.1, 0.15) is 0 Å². The van der Waals surface area contributed by atoms with Gasteiger partial charge >= 0.3 is 0 Å². The Hall–Kier alpha value is 0.270. The first-order valence-electron chi connectivity index (χ1n) is 6.76. The van der Waals surface area contributed by atoms with E-state index in [9.17, 15) is 0 Å². The quantitative estimate of drug-likeness (QED) is 0.799. The van der Waals surface area contributed by atoms with E-state index in [0.29, 0.717) is 0 Å². The fraction of sp³-hybridized carbons (Fsp3) is 1.00. The summed E-state index contributed by atoms with van der Waals surface area (Å²) in [7, 11) is 0. The summed E-state index contributed by atoms with van der Waals surface area (Å²) in [5.74, 6) is 2.23. The highest BCUT2D eigenvalue weighted by Crippen LogP contribution is 2.25. The van der Waals surface area contributed by atoms with Gasteiger partial charge in [-0.3, -0.25) is 4.90 Å². The topological polar surface area (TPSA) is 15.3 Å². The van der Waals surface area contributed by atoms with E-state index < -0.39 is 0 Å². The van der Waals surface area contributed by atoms with E-state index in [2.05, 4.69) is 42.7 Å². The molecule has 2 fully saturated rings. The summed E-state index contributed by atoms with van der Waals surface area (Å²) in [5.41, 5.74) is 0. The van der Waals surface area contributed by atoms with Gasteiger partial charge in [-0.05, 0) is 32.2 Å². The third-order valence-electron chi connectivity index (χ3n) is 4.23. The van der Waals surface area contributed by atoms with Crippen LogP contribution in [0.25, 0.3) is 0 Å². The Kier molecular flexibility index (Phi) is 4.57. The maximum Gasteiger partial charge on any atom is 0.0197 e. The van der Waals surface area contributed by atoms with Gasteiger partial charge in [0, 0.05) is 36.2 Å². The molecule has 0 saturated carbocycles. The van der Waals surface area contributed by atoms with Crippen LogP contribution in [0.15, 0.2) is 0 Å². The van der Waals surface area contributed by atoms with Crippen LogP contribution in [0.2, 0.25) is 0 Å². The maximum atomic E-state index is 3.68. The van der Waals surface area contributed by atoms with Crippen molar-refractivity contribution in [3.8, 4) is 0 Å². The Morgan fingerprint density at radius 3 is 2.88 bits per heavy atom. The molecule has 0 bridgehead atoms. The summed E-state index contributed by atoms with van der Waals surface area (Å²) in [6.45, 7) is 10.9. The van der Waals surface area contributed by atoms with E-state index in [0.717, 1.165) is 23.3 Å². The summed E-state index contributed by atoms with van der Waals surface area (Å²) in [6, 6.07) is 1.49. The lowest BCUT2D eigenvalue weighted by atomic mass is 9.93. The summed E-state index contributed by atoms with van der Waals surface area (Å²) in [6.07, 6.45) is 2.73. The van der Waals surface area contributed by atoms with E-state index in [1.165, 1.54) is 38.2 Å². The third kappa shape index (κ3) is 3.14. The van der Waals surface area contributed by atoms with Crippen LogP contribution in [0.3, 0.4) is 0 Å². The second kappa shape index (κ2) is 5.74. The van der Waals surface area contributed by atoms with Crippen LogP contribution in [0.1, 0.15) is 33.6 Å². The zero-order valence-corrected chi connectivity index (χ0v) is 11.7. The number of hydrogen-bond acceptors (Lipinski definition) is 3. The smallest absolute Gasteiger partial charge is 0.0197 e. The Balaban J connectivity index is 1.83. The van der Waals surface area contributed by atoms with Crippen LogP contribution >= 0.6 is 11.8 Å². The zero-order chi connectivity index (χ0) is 11.5. The molecule has 2 nitrogen and oxygen atoms in total. The monoisotopic (exact) mass is 242 g/mol. The minimum Gasteiger partial charge on any atom is -0.313 e. The molecule has 0 radical (unpaired) electrons. The van der Waals surface area contributed by atoms with Gasteiger partial charge in [-0.25, -0.2) is 0 Å². The van der Waals surface area contributed by atoms with E-state index in [1.807, 2.05) is 0 Å². The van der Waals surface area contributed by atoms with Crippen LogP contribution in [0, 0.1) is 5.92 Å². The molecule has 0 aromatic carbocycles. The average Bonchev–Trinajstić information content (AvgIpc) is 2.25. The molecule has 16 heavy (non-hydrogen) atoms. The molecule has 1 N–H and O–H groups in total. The Labute approximate surface area is 105 Å². The van der Waals surface area contributed by atoms with Crippen molar-refractivity contribution in [1.82, 2.24) is 10.2 Å². The number of piperidine rings is 1. The summed E-state index contributed by atoms with van der Waals surface area (Å²) in [5, 5.41) is 4.48. The largest absolute Gasteiger partial charge is 0.313 e. The van der Waals surface area contributed by atoms with Crippen molar-refractivity contribution in [2.24, 2.45) is 5.92 Å². The van der Waals surface area contributed by atoms with Gasteiger partial charge < -0.3 is 5.32 Å². The molecule has 2 rings (SSSR count). The van der Waals surface area contributed by atoms with Crippen molar-refractivity contribution in [2.75, 3.05) is 25.4 Å². The van der Waals surface area contributed by atoms with Crippen molar-refractivity contribution in [2.45, 2.75) is 50.9 Å². The molecule has 4 unspecified atom stereocenters. The predicted octanol–water partition coefficient (Wildman–Crippen LogP) is 2.20. The molecule has 2 heterocycles. The predicted molar refractivity (Wildman–Crippen MR) is 73.1 cm³/mol. The molecular weight excluding hydrogens is 216 g/mol. The van der Waals surface area contributed by atoms with Gasteiger partial charge in [0.25, 0.3) is 0 Å². The average molecular weight is 242 g/mol. The van der Waals surface area contributed by atoms with Gasteiger partial charge in [-0.1, -0.05) is 13.8 Å². The molecule has 0 amide bonds. The normalized spacial score (nSPS) is 42.2. The molecule has 0 spiro atoms. The highest BCUT2D eigenvalue weighted by molar-refractivity contribution is 8.00. The van der Waals surface area contributed by atoms with Crippen LogP contribution in [-0.4, -0.2) is 47.6 Å². The number of nitrogens with zero attached hydrogens (tertiary/aromatic N) is 1. The molecule has 2 aliphatic heterocycles. The lowest BCUT2D eigenvalue weighted by molar-refractivity contribution is 0.167. The first kappa shape index (κ1) is 12.7. The van der Waals surface area contributed by atoms with Crippen LogP contribution in [0.4, 0.5) is 0 Å². The van der Waals surface area contributed by atoms with Gasteiger partial charge in [-0.2, -0.15) is 11.8 Å². The SMILES string of the molecule is CC1CCNC(CN2CCSC(C)C2C)C1. The van der Waals surface area contributed by atoms with Gasteiger partial charge in [0.2, 0.25) is 0 Å². The van der Waals surface area contributed by atoms with E-state index >= 15 is 0 Å². The second-order valence-electron chi connectivity index (χ2n) is 5.59. The van der Waals surface area contributed by atoms with Gasteiger partial charge in [0.15, 0.2) is 0 Å². The molecule has 4 atom stereocenters. The fourth-order valence-electron chi connectivity index (χ4n) is 2.90. The Morgan fingerprint density at radius 1 is 1.31 bits per heavy atom. The minimum atomic E-state index is 0.738. The molecule has 2 saturated heterocycles. The summed E-state index contributed by atoms with van der Waals surface area (Å²) in [4.78, 5) is 2.69. The van der Waals surface area contributed by atoms with Gasteiger partial charge in [0.05, 0.1) is 0 Å². The lowest BCUT2D eigenvalue weighted by Crippen LogP contribution is -2.52. The van der Waals surface area contributed by atoms with Crippen molar-refractivity contribution < 1.29 is 0 Å². The molecule has 0 aromatic rings. The van der Waals surface area contributed by atoms with E-state index in [4.69, 9.17) is 0 Å². The second-order valence-corrected chi connectivity index (χ2v) is 7.08. The minimum absolute atomic E-state index is 0.738. The molecule has 94 valence electrons. The summed E-state index contributed by atoms with van der Waals surface area (Å²) < 4.78 is 0. The molecule has 0 aromatic heterocycles. The van der Waals surface area contributed by atoms with Crippen molar-refractivity contribution in [3.05, 3.63) is 0 Å². The molecule has 0 aliphatic carbocycles. The van der Waals surface area contributed by atoms with Crippen LogP contribution < -0.4 is 5.32 Å².